The molecule has 0 aromatic heterocycles. The van der Waals surface area contributed by atoms with Crippen LogP contribution in [0.3, 0.4) is 0 Å². The molecule has 0 amide bonds. The Morgan fingerprint density at radius 2 is 1.71 bits per heavy atom. The summed E-state index contributed by atoms with van der Waals surface area (Å²) in [7, 11) is 6.12. The largest absolute Gasteiger partial charge is 0.493 e. The summed E-state index contributed by atoms with van der Waals surface area (Å²) in [5, 5.41) is 0.604. The van der Waals surface area contributed by atoms with E-state index in [4.69, 9.17) is 40.0 Å². The molecule has 0 radical (unpaired) electrons. The Hall–Kier alpha value is -3.10. The van der Waals surface area contributed by atoms with Crippen molar-refractivity contribution in [3.8, 4) is 11.5 Å². The van der Waals surface area contributed by atoms with Gasteiger partial charge in [-0.05, 0) is 47.4 Å². The van der Waals surface area contributed by atoms with Crippen molar-refractivity contribution in [3.05, 3.63) is 94.0 Å². The Morgan fingerprint density at radius 3 is 2.39 bits per heavy atom. The molecule has 7 nitrogen and oxygen atoms in total. The first-order valence-electron chi connectivity index (χ1n) is 12.4. The maximum absolute atomic E-state index is 12.6. The first kappa shape index (κ1) is 27.9. The van der Waals surface area contributed by atoms with Crippen LogP contribution in [0.4, 0.5) is 0 Å². The van der Waals surface area contributed by atoms with Crippen molar-refractivity contribution < 1.29 is 33.2 Å². The molecule has 1 fully saturated rings. The van der Waals surface area contributed by atoms with Crippen molar-refractivity contribution in [3.63, 3.8) is 0 Å². The zero-order valence-electron chi connectivity index (χ0n) is 22.1. The number of halogens is 1. The van der Waals surface area contributed by atoms with Crippen molar-refractivity contribution in [1.82, 2.24) is 0 Å². The van der Waals surface area contributed by atoms with Crippen LogP contribution < -0.4 is 9.47 Å². The Kier molecular flexibility index (Phi) is 9.28. The second-order valence-corrected chi connectivity index (χ2v) is 9.52. The fourth-order valence-corrected chi connectivity index (χ4v) is 4.92. The van der Waals surface area contributed by atoms with Gasteiger partial charge in [-0.2, -0.15) is 0 Å². The summed E-state index contributed by atoms with van der Waals surface area (Å²) in [5.74, 6) is -0.407. The topological polar surface area (TPSA) is 72.5 Å². The molecule has 8 heteroatoms. The smallest absolute Gasteiger partial charge is 0.335 e. The maximum Gasteiger partial charge on any atom is 0.335 e. The van der Waals surface area contributed by atoms with Crippen molar-refractivity contribution in [1.29, 1.82) is 0 Å². The number of benzene rings is 3. The van der Waals surface area contributed by atoms with Crippen molar-refractivity contribution in [2.24, 2.45) is 0 Å². The third-order valence-electron chi connectivity index (χ3n) is 6.76. The fraction of sp³-hybridized carbons (Fsp3) is 0.367. The van der Waals surface area contributed by atoms with Gasteiger partial charge in [0.2, 0.25) is 0 Å². The van der Waals surface area contributed by atoms with Gasteiger partial charge in [-0.15, -0.1) is 0 Å². The van der Waals surface area contributed by atoms with Crippen molar-refractivity contribution in [2.45, 2.75) is 43.9 Å². The van der Waals surface area contributed by atoms with Crippen LogP contribution in [0.1, 0.15) is 35.1 Å². The van der Waals surface area contributed by atoms with E-state index in [1.807, 2.05) is 66.7 Å². The zero-order valence-corrected chi connectivity index (χ0v) is 22.8. The molecule has 0 spiro atoms. The summed E-state index contributed by atoms with van der Waals surface area (Å²) in [4.78, 5) is 12.6. The number of rotatable bonds is 10. The summed E-state index contributed by atoms with van der Waals surface area (Å²) in [6.45, 7) is 0.407. The molecule has 3 atom stereocenters. The van der Waals surface area contributed by atoms with E-state index in [1.165, 1.54) is 7.11 Å². The highest BCUT2D eigenvalue weighted by Gasteiger charge is 2.47. The molecule has 1 aliphatic rings. The van der Waals surface area contributed by atoms with Crippen LogP contribution in [0.2, 0.25) is 5.02 Å². The van der Waals surface area contributed by atoms with E-state index in [2.05, 4.69) is 0 Å². The highest BCUT2D eigenvalue weighted by molar-refractivity contribution is 6.31. The van der Waals surface area contributed by atoms with Crippen LogP contribution >= 0.6 is 11.6 Å². The average molecular weight is 541 g/mol. The lowest BCUT2D eigenvalue weighted by molar-refractivity contribution is -0.297. The summed E-state index contributed by atoms with van der Waals surface area (Å²) in [6, 6.07) is 21.3. The molecule has 0 bridgehead atoms. The van der Waals surface area contributed by atoms with Gasteiger partial charge in [-0.25, -0.2) is 4.79 Å². The van der Waals surface area contributed by atoms with Gasteiger partial charge in [0.05, 0.1) is 34.0 Å². The van der Waals surface area contributed by atoms with E-state index in [0.29, 0.717) is 42.4 Å². The lowest BCUT2D eigenvalue weighted by Crippen LogP contribution is -2.49. The summed E-state index contributed by atoms with van der Waals surface area (Å²) >= 11 is 6.62. The first-order chi connectivity index (χ1) is 18.4. The SMILES string of the molecule is COC(=O)C1CC(OCc2ccccc2)CC(OC)(c2ccc(Cl)c(Cc3ccc(OC)c(OC)c3)c2)O1. The number of ether oxygens (including phenoxy) is 6. The van der Waals surface area contributed by atoms with Crippen molar-refractivity contribution >= 4 is 17.6 Å². The minimum absolute atomic E-state index is 0.307. The molecule has 3 unspecified atom stereocenters. The second-order valence-electron chi connectivity index (χ2n) is 9.12. The quantitative estimate of drug-likeness (QED) is 0.306. The van der Waals surface area contributed by atoms with Crippen LogP contribution in [0.5, 0.6) is 11.5 Å². The fourth-order valence-electron chi connectivity index (χ4n) is 4.73. The van der Waals surface area contributed by atoms with E-state index in [0.717, 1.165) is 22.3 Å². The van der Waals surface area contributed by atoms with Crippen LogP contribution in [0.15, 0.2) is 66.7 Å². The van der Waals surface area contributed by atoms with Gasteiger partial charge in [0, 0.05) is 30.5 Å². The number of carbonyl (C=O) groups is 1. The number of carbonyl (C=O) groups excluding carboxylic acids is 1. The normalized spacial score (nSPS) is 21.1. The predicted molar refractivity (Wildman–Crippen MR) is 144 cm³/mol. The molecule has 4 rings (SSSR count). The molecular weight excluding hydrogens is 508 g/mol. The molecule has 0 aliphatic carbocycles. The molecule has 3 aromatic carbocycles. The number of hydrogen-bond donors (Lipinski definition) is 0. The first-order valence-corrected chi connectivity index (χ1v) is 12.7. The number of hydrogen-bond acceptors (Lipinski definition) is 7. The van der Waals surface area contributed by atoms with E-state index in [-0.39, 0.29) is 6.10 Å². The lowest BCUT2D eigenvalue weighted by Gasteiger charge is -2.43. The van der Waals surface area contributed by atoms with Crippen LogP contribution in [0.25, 0.3) is 0 Å². The Balaban J connectivity index is 1.63. The van der Waals surface area contributed by atoms with Gasteiger partial charge in [-0.3, -0.25) is 0 Å². The van der Waals surface area contributed by atoms with Gasteiger partial charge in [0.15, 0.2) is 23.4 Å². The van der Waals surface area contributed by atoms with Gasteiger partial charge >= 0.3 is 5.97 Å². The van der Waals surface area contributed by atoms with Crippen LogP contribution in [-0.2, 0) is 42.6 Å². The molecule has 0 saturated carbocycles. The average Bonchev–Trinajstić information content (AvgIpc) is 2.96. The third-order valence-corrected chi connectivity index (χ3v) is 7.13. The number of esters is 1. The molecule has 0 N–H and O–H groups in total. The summed E-state index contributed by atoms with van der Waals surface area (Å²) < 4.78 is 34.4. The Labute approximate surface area is 228 Å². The molecule has 1 aliphatic heterocycles. The zero-order chi connectivity index (χ0) is 27.1. The van der Waals surface area contributed by atoms with Gasteiger partial charge in [-0.1, -0.05) is 54.1 Å². The molecule has 1 saturated heterocycles. The van der Waals surface area contributed by atoms with E-state index in [9.17, 15) is 4.79 Å². The Morgan fingerprint density at radius 1 is 0.947 bits per heavy atom. The molecule has 1 heterocycles. The van der Waals surface area contributed by atoms with Crippen LogP contribution in [0, 0.1) is 0 Å². The van der Waals surface area contributed by atoms with Gasteiger partial charge in [0.1, 0.15) is 0 Å². The van der Waals surface area contributed by atoms with Crippen LogP contribution in [-0.4, -0.2) is 46.6 Å². The standard InChI is InChI=1S/C30H33ClO7/c1-33-26-13-10-21(15-27(26)34-2)14-22-16-23(11-12-25(22)31)30(36-4)18-24(17-28(38-30)29(32)35-3)37-19-20-8-6-5-7-9-20/h5-13,15-16,24,28H,14,17-19H2,1-4H3. The van der Waals surface area contributed by atoms with Gasteiger partial charge in [0.25, 0.3) is 0 Å². The highest BCUT2D eigenvalue weighted by Crippen LogP contribution is 2.41. The summed E-state index contributed by atoms with van der Waals surface area (Å²) in [6.07, 6.45) is 0.136. The highest BCUT2D eigenvalue weighted by atomic mass is 35.5. The Bertz CT molecular complexity index is 1230. The van der Waals surface area contributed by atoms with E-state index in [1.54, 1.807) is 21.3 Å². The lowest BCUT2D eigenvalue weighted by atomic mass is 9.90. The van der Waals surface area contributed by atoms with Crippen molar-refractivity contribution in [2.75, 3.05) is 28.4 Å². The van der Waals surface area contributed by atoms with E-state index >= 15 is 0 Å². The number of methoxy groups -OCH3 is 4. The molecule has 38 heavy (non-hydrogen) atoms. The monoisotopic (exact) mass is 540 g/mol. The minimum atomic E-state index is -1.23. The molecule has 202 valence electrons. The van der Waals surface area contributed by atoms with E-state index < -0.39 is 17.9 Å². The maximum atomic E-state index is 12.6. The third kappa shape index (κ3) is 6.30. The second kappa shape index (κ2) is 12.6. The minimum Gasteiger partial charge on any atom is -0.493 e. The molecule has 3 aromatic rings. The predicted octanol–water partition coefficient (Wildman–Crippen LogP) is 5.68. The molecular formula is C30H33ClO7. The summed E-state index contributed by atoms with van der Waals surface area (Å²) in [5.41, 5.74) is 3.65. The van der Waals surface area contributed by atoms with Gasteiger partial charge < -0.3 is 28.4 Å².